The lowest BCUT2D eigenvalue weighted by molar-refractivity contribution is 0.0781. The number of aromatic nitrogens is 1. The highest BCUT2D eigenvalue weighted by Gasteiger charge is 2.30. The molecule has 8 heteroatoms. The van der Waals surface area contributed by atoms with Crippen LogP contribution in [0.25, 0.3) is 0 Å². The van der Waals surface area contributed by atoms with Crippen molar-refractivity contribution in [1.82, 2.24) is 10.3 Å². The van der Waals surface area contributed by atoms with Gasteiger partial charge in [0.2, 0.25) is 5.88 Å². The largest absolute Gasteiger partial charge is 0.476 e. The third-order valence-corrected chi connectivity index (χ3v) is 4.92. The molecule has 1 unspecified atom stereocenters. The smallest absolute Gasteiger partial charge is 0.270 e. The van der Waals surface area contributed by atoms with E-state index in [9.17, 15) is 9.18 Å². The van der Waals surface area contributed by atoms with Crippen molar-refractivity contribution in [2.75, 3.05) is 51.6 Å². The zero-order valence-corrected chi connectivity index (χ0v) is 16.7. The second kappa shape index (κ2) is 10.0. The minimum Gasteiger partial charge on any atom is -0.476 e. The Balaban J connectivity index is 1.60. The zero-order chi connectivity index (χ0) is 19.9. The summed E-state index contributed by atoms with van der Waals surface area (Å²) in [4.78, 5) is 19.2. The van der Waals surface area contributed by atoms with Crippen molar-refractivity contribution in [2.45, 2.75) is 38.3 Å². The van der Waals surface area contributed by atoms with Gasteiger partial charge in [0.15, 0.2) is 0 Å². The number of hydrogen-bond acceptors (Lipinski definition) is 6. The summed E-state index contributed by atoms with van der Waals surface area (Å²) in [6, 6.07) is 3.41. The number of carbonyl (C=O) groups excluding carboxylic acids is 1. The fraction of sp³-hybridized carbons (Fsp3) is 0.700. The van der Waals surface area contributed by atoms with Gasteiger partial charge in [0, 0.05) is 32.8 Å². The van der Waals surface area contributed by atoms with Gasteiger partial charge in [0.05, 0.1) is 26.0 Å². The van der Waals surface area contributed by atoms with Gasteiger partial charge in [-0.15, -0.1) is 0 Å². The molecule has 2 fully saturated rings. The van der Waals surface area contributed by atoms with E-state index in [0.29, 0.717) is 43.7 Å². The molecule has 2 heterocycles. The number of carbonyl (C=O) groups is 1. The molecule has 7 nitrogen and oxygen atoms in total. The van der Waals surface area contributed by atoms with E-state index >= 15 is 0 Å². The first kappa shape index (κ1) is 20.8. The molecule has 1 aromatic rings. The van der Waals surface area contributed by atoms with Gasteiger partial charge in [-0.05, 0) is 44.2 Å². The zero-order valence-electron chi connectivity index (χ0n) is 16.7. The van der Waals surface area contributed by atoms with Gasteiger partial charge in [-0.2, -0.15) is 0 Å². The number of halogens is 1. The average molecular weight is 395 g/mol. The number of pyridine rings is 1. The van der Waals surface area contributed by atoms with Gasteiger partial charge < -0.3 is 24.4 Å². The quantitative estimate of drug-likeness (QED) is 0.547. The van der Waals surface area contributed by atoms with Gasteiger partial charge in [0.25, 0.3) is 5.91 Å². The number of hydrogen-bond donors (Lipinski definition) is 1. The Morgan fingerprint density at radius 1 is 1.39 bits per heavy atom. The number of anilines is 1. The van der Waals surface area contributed by atoms with Crippen molar-refractivity contribution < 1.29 is 23.4 Å². The first-order valence-electron chi connectivity index (χ1n) is 9.96. The summed E-state index contributed by atoms with van der Waals surface area (Å²) in [5.41, 5.74) is 1.21. The minimum atomic E-state index is -0.400. The summed E-state index contributed by atoms with van der Waals surface area (Å²) >= 11 is 0. The van der Waals surface area contributed by atoms with E-state index in [1.54, 1.807) is 13.2 Å². The maximum Gasteiger partial charge on any atom is 0.270 e. The first-order chi connectivity index (χ1) is 13.6. The molecular weight excluding hydrogens is 365 g/mol. The standard InChI is InChI=1S/C20H30FN3O4/c1-14(12-27-9-3-8-21)22-19(25)17-6-7-18(24-10-16(11-24)26-2)20(23-17)28-13-15-4-5-15/h6-7,14-16H,3-5,8-13H2,1-2H3,(H,22,25). The highest BCUT2D eigenvalue weighted by atomic mass is 19.1. The molecule has 1 atom stereocenters. The van der Waals surface area contributed by atoms with E-state index < -0.39 is 6.67 Å². The molecule has 0 aromatic carbocycles. The van der Waals surface area contributed by atoms with Crippen LogP contribution in [0, 0.1) is 5.92 Å². The second-order valence-electron chi connectivity index (χ2n) is 7.53. The topological polar surface area (TPSA) is 72.9 Å². The van der Waals surface area contributed by atoms with Gasteiger partial charge in [-0.3, -0.25) is 9.18 Å². The summed E-state index contributed by atoms with van der Waals surface area (Å²) in [6.45, 7) is 4.33. The Labute approximate surface area is 165 Å². The summed E-state index contributed by atoms with van der Waals surface area (Å²) in [5.74, 6) is 0.820. The summed E-state index contributed by atoms with van der Waals surface area (Å²) in [6.07, 6.45) is 2.96. The van der Waals surface area contributed by atoms with Crippen LogP contribution in [0.5, 0.6) is 5.88 Å². The molecule has 28 heavy (non-hydrogen) atoms. The molecule has 1 N–H and O–H groups in total. The molecule has 156 valence electrons. The number of nitrogens with one attached hydrogen (secondary N) is 1. The maximum absolute atomic E-state index is 12.5. The van der Waals surface area contributed by atoms with Crippen molar-refractivity contribution in [3.63, 3.8) is 0 Å². The number of ether oxygens (including phenoxy) is 3. The highest BCUT2D eigenvalue weighted by Crippen LogP contribution is 2.34. The van der Waals surface area contributed by atoms with Crippen LogP contribution in [0.2, 0.25) is 0 Å². The van der Waals surface area contributed by atoms with E-state index in [2.05, 4.69) is 15.2 Å². The lowest BCUT2D eigenvalue weighted by Crippen LogP contribution is -2.52. The van der Waals surface area contributed by atoms with Crippen LogP contribution in [-0.2, 0) is 9.47 Å². The Bertz CT molecular complexity index is 650. The fourth-order valence-corrected chi connectivity index (χ4v) is 2.93. The molecule has 1 saturated carbocycles. The van der Waals surface area contributed by atoms with Gasteiger partial charge in [0.1, 0.15) is 11.4 Å². The van der Waals surface area contributed by atoms with Gasteiger partial charge in [-0.25, -0.2) is 4.98 Å². The van der Waals surface area contributed by atoms with Crippen molar-refractivity contribution in [2.24, 2.45) is 5.92 Å². The molecule has 0 spiro atoms. The lowest BCUT2D eigenvalue weighted by Gasteiger charge is -2.40. The molecule has 2 aliphatic rings. The minimum absolute atomic E-state index is 0.192. The predicted molar refractivity (Wildman–Crippen MR) is 104 cm³/mol. The van der Waals surface area contributed by atoms with Crippen LogP contribution in [0.4, 0.5) is 10.1 Å². The SMILES string of the molecule is COC1CN(c2ccc(C(=O)NC(C)COCCCF)nc2OCC2CC2)C1. The van der Waals surface area contributed by atoms with Crippen LogP contribution >= 0.6 is 0 Å². The van der Waals surface area contributed by atoms with Gasteiger partial charge >= 0.3 is 0 Å². The molecular formula is C20H30FN3O4. The molecule has 0 bridgehead atoms. The van der Waals surface area contributed by atoms with E-state index in [1.165, 1.54) is 12.8 Å². The Hall–Kier alpha value is -1.93. The average Bonchev–Trinajstić information content (AvgIpc) is 3.48. The number of nitrogens with zero attached hydrogens (tertiary/aromatic N) is 2. The third kappa shape index (κ3) is 5.78. The Kier molecular flexibility index (Phi) is 7.44. The lowest BCUT2D eigenvalue weighted by atomic mass is 10.1. The van der Waals surface area contributed by atoms with E-state index in [-0.39, 0.29) is 18.1 Å². The van der Waals surface area contributed by atoms with E-state index in [1.807, 2.05) is 13.0 Å². The van der Waals surface area contributed by atoms with E-state index in [4.69, 9.17) is 14.2 Å². The number of amides is 1. The monoisotopic (exact) mass is 395 g/mol. The normalized spacial score (nSPS) is 17.9. The van der Waals surface area contributed by atoms with Crippen LogP contribution in [0.1, 0.15) is 36.7 Å². The highest BCUT2D eigenvalue weighted by molar-refractivity contribution is 5.93. The molecule has 1 aromatic heterocycles. The Morgan fingerprint density at radius 3 is 2.86 bits per heavy atom. The van der Waals surface area contributed by atoms with Crippen molar-refractivity contribution in [3.05, 3.63) is 17.8 Å². The van der Waals surface area contributed by atoms with Crippen LogP contribution in [0.3, 0.4) is 0 Å². The number of rotatable bonds is 12. The van der Waals surface area contributed by atoms with Crippen molar-refractivity contribution in [3.8, 4) is 5.88 Å². The molecule has 1 aliphatic heterocycles. The molecule has 3 rings (SSSR count). The summed E-state index contributed by atoms with van der Waals surface area (Å²) < 4.78 is 28.7. The number of alkyl halides is 1. The van der Waals surface area contributed by atoms with Crippen molar-refractivity contribution >= 4 is 11.6 Å². The molecule has 1 aliphatic carbocycles. The second-order valence-corrected chi connectivity index (χ2v) is 7.53. The van der Waals surface area contributed by atoms with Crippen LogP contribution in [-0.4, -0.2) is 69.7 Å². The fourth-order valence-electron chi connectivity index (χ4n) is 2.93. The third-order valence-electron chi connectivity index (χ3n) is 4.92. The summed E-state index contributed by atoms with van der Waals surface area (Å²) in [5, 5.41) is 2.86. The predicted octanol–water partition coefficient (Wildman–Crippen LogP) is 2.20. The van der Waals surface area contributed by atoms with Crippen LogP contribution in [0.15, 0.2) is 12.1 Å². The molecule has 1 amide bonds. The first-order valence-corrected chi connectivity index (χ1v) is 9.96. The molecule has 1 saturated heterocycles. The summed E-state index contributed by atoms with van der Waals surface area (Å²) in [7, 11) is 1.71. The Morgan fingerprint density at radius 2 is 2.18 bits per heavy atom. The van der Waals surface area contributed by atoms with Crippen molar-refractivity contribution in [1.29, 1.82) is 0 Å². The van der Waals surface area contributed by atoms with E-state index in [0.717, 1.165) is 18.8 Å². The van der Waals surface area contributed by atoms with Crippen LogP contribution < -0.4 is 15.0 Å². The maximum atomic E-state index is 12.5. The van der Waals surface area contributed by atoms with Gasteiger partial charge in [-0.1, -0.05) is 0 Å². The molecule has 0 radical (unpaired) electrons. The number of methoxy groups -OCH3 is 1.